The summed E-state index contributed by atoms with van der Waals surface area (Å²) in [5.41, 5.74) is -0.541. The average Bonchev–Trinajstić information content (AvgIpc) is 2.41. The molecular formula is C14H16F2O5. The zero-order valence-corrected chi connectivity index (χ0v) is 11.7. The fourth-order valence-corrected chi connectivity index (χ4v) is 1.66. The van der Waals surface area contributed by atoms with E-state index in [1.165, 1.54) is 0 Å². The smallest absolute Gasteiger partial charge is 0.347 e. The second kappa shape index (κ2) is 7.56. The standard InChI is InChI=1S/C14H16F2O5/c1-3-5-11(14(19)20-4-2)21-12-9(15)6-8(13(17)18)7-10(12)16/h6-7,11H,3-5H2,1-2H3,(H,17,18). The molecule has 0 bridgehead atoms. The lowest BCUT2D eigenvalue weighted by Crippen LogP contribution is -2.30. The van der Waals surface area contributed by atoms with Gasteiger partial charge in [0.2, 0.25) is 0 Å². The van der Waals surface area contributed by atoms with Gasteiger partial charge in [-0.05, 0) is 25.5 Å². The highest BCUT2D eigenvalue weighted by Gasteiger charge is 2.25. The van der Waals surface area contributed by atoms with Crippen LogP contribution < -0.4 is 4.74 Å². The van der Waals surface area contributed by atoms with Crippen molar-refractivity contribution in [3.05, 3.63) is 29.3 Å². The number of hydrogen-bond donors (Lipinski definition) is 1. The summed E-state index contributed by atoms with van der Waals surface area (Å²) < 4.78 is 37.3. The lowest BCUT2D eigenvalue weighted by atomic mass is 10.2. The summed E-state index contributed by atoms with van der Waals surface area (Å²) in [4.78, 5) is 22.3. The van der Waals surface area contributed by atoms with E-state index in [2.05, 4.69) is 0 Å². The maximum atomic E-state index is 13.7. The van der Waals surface area contributed by atoms with Crippen molar-refractivity contribution in [3.63, 3.8) is 0 Å². The third-order valence-corrected chi connectivity index (χ3v) is 2.61. The van der Waals surface area contributed by atoms with Gasteiger partial charge < -0.3 is 14.6 Å². The summed E-state index contributed by atoms with van der Waals surface area (Å²) in [6.45, 7) is 3.49. The Morgan fingerprint density at radius 2 is 1.81 bits per heavy atom. The molecule has 0 spiro atoms. The van der Waals surface area contributed by atoms with Gasteiger partial charge in [-0.2, -0.15) is 0 Å². The van der Waals surface area contributed by atoms with Gasteiger partial charge in [0.15, 0.2) is 23.5 Å². The molecule has 5 nitrogen and oxygen atoms in total. The van der Waals surface area contributed by atoms with Gasteiger partial charge in [-0.25, -0.2) is 18.4 Å². The molecule has 1 rings (SSSR count). The molecule has 1 atom stereocenters. The molecule has 0 aliphatic rings. The molecule has 1 aromatic rings. The minimum Gasteiger partial charge on any atom is -0.478 e. The van der Waals surface area contributed by atoms with E-state index >= 15 is 0 Å². The average molecular weight is 302 g/mol. The first kappa shape index (κ1) is 16.9. The Kier molecular flexibility index (Phi) is 6.08. The minimum absolute atomic E-state index is 0.116. The van der Waals surface area contributed by atoms with Crippen LogP contribution >= 0.6 is 0 Å². The first-order chi connectivity index (χ1) is 9.90. The van der Waals surface area contributed by atoms with Gasteiger partial charge in [0.05, 0.1) is 12.2 Å². The molecule has 21 heavy (non-hydrogen) atoms. The van der Waals surface area contributed by atoms with Crippen LogP contribution in [0.4, 0.5) is 8.78 Å². The minimum atomic E-state index is -1.46. The molecule has 0 amide bonds. The molecule has 1 aromatic carbocycles. The topological polar surface area (TPSA) is 72.8 Å². The van der Waals surface area contributed by atoms with E-state index < -0.39 is 41.0 Å². The van der Waals surface area contributed by atoms with Crippen LogP contribution in [0.15, 0.2) is 12.1 Å². The van der Waals surface area contributed by atoms with Gasteiger partial charge in [0.25, 0.3) is 0 Å². The Bertz CT molecular complexity index is 507. The zero-order valence-electron chi connectivity index (χ0n) is 11.7. The lowest BCUT2D eigenvalue weighted by molar-refractivity contribution is -0.151. The largest absolute Gasteiger partial charge is 0.478 e. The van der Waals surface area contributed by atoms with Crippen molar-refractivity contribution in [1.29, 1.82) is 0 Å². The Labute approximate surface area is 120 Å². The molecule has 0 saturated carbocycles. The van der Waals surface area contributed by atoms with Crippen molar-refractivity contribution in [3.8, 4) is 5.75 Å². The number of carbonyl (C=O) groups is 2. The van der Waals surface area contributed by atoms with Gasteiger partial charge in [-0.3, -0.25) is 0 Å². The Morgan fingerprint density at radius 3 is 2.24 bits per heavy atom. The summed E-state index contributed by atoms with van der Waals surface area (Å²) in [5, 5.41) is 8.70. The second-order valence-corrected chi connectivity index (χ2v) is 4.22. The SMILES string of the molecule is CCCC(Oc1c(F)cc(C(=O)O)cc1F)C(=O)OCC. The Hall–Kier alpha value is -2.18. The highest BCUT2D eigenvalue weighted by Crippen LogP contribution is 2.25. The first-order valence-corrected chi connectivity index (χ1v) is 6.46. The Balaban J connectivity index is 3.03. The summed E-state index contributed by atoms with van der Waals surface area (Å²) >= 11 is 0. The molecule has 1 N–H and O–H groups in total. The van der Waals surface area contributed by atoms with E-state index in [0.29, 0.717) is 18.6 Å². The van der Waals surface area contributed by atoms with E-state index in [0.717, 1.165) is 0 Å². The summed E-state index contributed by atoms with van der Waals surface area (Å²) in [7, 11) is 0. The number of benzene rings is 1. The van der Waals surface area contributed by atoms with Crippen molar-refractivity contribution in [2.45, 2.75) is 32.8 Å². The van der Waals surface area contributed by atoms with Crippen molar-refractivity contribution in [2.75, 3.05) is 6.61 Å². The first-order valence-electron chi connectivity index (χ1n) is 6.46. The fourth-order valence-electron chi connectivity index (χ4n) is 1.66. The normalized spacial score (nSPS) is 11.8. The fraction of sp³-hybridized carbons (Fsp3) is 0.429. The van der Waals surface area contributed by atoms with Crippen molar-refractivity contribution < 1.29 is 33.0 Å². The van der Waals surface area contributed by atoms with Gasteiger partial charge in [0, 0.05) is 0 Å². The van der Waals surface area contributed by atoms with Crippen LogP contribution in [0.25, 0.3) is 0 Å². The highest BCUT2D eigenvalue weighted by atomic mass is 19.1. The molecule has 0 aromatic heterocycles. The number of carbonyl (C=O) groups excluding carboxylic acids is 1. The molecule has 0 aliphatic heterocycles. The van der Waals surface area contributed by atoms with Gasteiger partial charge in [-0.15, -0.1) is 0 Å². The van der Waals surface area contributed by atoms with Crippen LogP contribution in [0.2, 0.25) is 0 Å². The van der Waals surface area contributed by atoms with E-state index in [1.54, 1.807) is 13.8 Å². The molecule has 116 valence electrons. The molecule has 0 heterocycles. The molecule has 0 fully saturated rings. The van der Waals surface area contributed by atoms with Crippen LogP contribution in [0, 0.1) is 11.6 Å². The van der Waals surface area contributed by atoms with Crippen LogP contribution in [0.5, 0.6) is 5.75 Å². The molecule has 0 radical (unpaired) electrons. The maximum absolute atomic E-state index is 13.7. The van der Waals surface area contributed by atoms with E-state index in [1.807, 2.05) is 0 Å². The molecule has 7 heteroatoms. The zero-order chi connectivity index (χ0) is 16.0. The number of halogens is 2. The lowest BCUT2D eigenvalue weighted by Gasteiger charge is -2.18. The molecule has 0 saturated heterocycles. The number of carboxylic acid groups (broad SMARTS) is 1. The number of ether oxygens (including phenoxy) is 2. The molecular weight excluding hydrogens is 286 g/mol. The predicted molar refractivity (Wildman–Crippen MR) is 69.3 cm³/mol. The van der Waals surface area contributed by atoms with Gasteiger partial charge in [0.1, 0.15) is 0 Å². The van der Waals surface area contributed by atoms with E-state index in [4.69, 9.17) is 14.6 Å². The number of hydrogen-bond acceptors (Lipinski definition) is 4. The van der Waals surface area contributed by atoms with E-state index in [9.17, 15) is 18.4 Å². The Morgan fingerprint density at radius 1 is 1.24 bits per heavy atom. The monoisotopic (exact) mass is 302 g/mol. The quantitative estimate of drug-likeness (QED) is 0.784. The third-order valence-electron chi connectivity index (χ3n) is 2.61. The van der Waals surface area contributed by atoms with Crippen LogP contribution in [-0.4, -0.2) is 29.8 Å². The summed E-state index contributed by atoms with van der Waals surface area (Å²) in [6, 6.07) is 1.27. The van der Waals surface area contributed by atoms with Crippen LogP contribution in [0.3, 0.4) is 0 Å². The summed E-state index contributed by atoms with van der Waals surface area (Å²) in [5.74, 6) is -5.34. The molecule has 0 aliphatic carbocycles. The van der Waals surface area contributed by atoms with Crippen molar-refractivity contribution >= 4 is 11.9 Å². The van der Waals surface area contributed by atoms with Crippen LogP contribution in [-0.2, 0) is 9.53 Å². The van der Waals surface area contributed by atoms with E-state index in [-0.39, 0.29) is 13.0 Å². The summed E-state index contributed by atoms with van der Waals surface area (Å²) in [6.07, 6.45) is -0.382. The number of aromatic carboxylic acids is 1. The van der Waals surface area contributed by atoms with Crippen molar-refractivity contribution in [1.82, 2.24) is 0 Å². The number of carboxylic acids is 1. The number of esters is 1. The third kappa shape index (κ3) is 4.40. The van der Waals surface area contributed by atoms with Gasteiger partial charge >= 0.3 is 11.9 Å². The number of rotatable bonds is 7. The highest BCUT2D eigenvalue weighted by molar-refractivity contribution is 5.87. The second-order valence-electron chi connectivity index (χ2n) is 4.22. The van der Waals surface area contributed by atoms with Crippen molar-refractivity contribution in [2.24, 2.45) is 0 Å². The predicted octanol–water partition coefficient (Wildman–Crippen LogP) is 2.77. The van der Waals surface area contributed by atoms with Crippen LogP contribution in [0.1, 0.15) is 37.0 Å². The maximum Gasteiger partial charge on any atom is 0.347 e. The van der Waals surface area contributed by atoms with Gasteiger partial charge in [-0.1, -0.05) is 13.3 Å². The molecule has 1 unspecified atom stereocenters.